The lowest BCUT2D eigenvalue weighted by Gasteiger charge is -2.38. The van der Waals surface area contributed by atoms with Crippen LogP contribution in [-0.2, 0) is 9.59 Å². The molecule has 15 heavy (non-hydrogen) atoms. The minimum atomic E-state index is -0.811. The number of carbonyl (C=O) groups is 2. The first-order chi connectivity index (χ1) is 7.06. The SMILES string of the molecule is CC(CCCN)C(=O)N1CC(C(=O)O)C1. The molecule has 0 aromatic carbocycles. The van der Waals surface area contributed by atoms with E-state index in [-0.39, 0.29) is 17.7 Å². The zero-order valence-corrected chi connectivity index (χ0v) is 8.98. The monoisotopic (exact) mass is 214 g/mol. The third-order valence-corrected chi connectivity index (χ3v) is 2.81. The van der Waals surface area contributed by atoms with Gasteiger partial charge in [-0.15, -0.1) is 0 Å². The second-order valence-electron chi connectivity index (χ2n) is 4.11. The van der Waals surface area contributed by atoms with Gasteiger partial charge in [0, 0.05) is 19.0 Å². The van der Waals surface area contributed by atoms with Crippen LogP contribution in [0.5, 0.6) is 0 Å². The van der Waals surface area contributed by atoms with Gasteiger partial charge < -0.3 is 15.7 Å². The molecule has 1 rings (SSSR count). The molecule has 0 aliphatic carbocycles. The van der Waals surface area contributed by atoms with Crippen molar-refractivity contribution in [3.05, 3.63) is 0 Å². The topological polar surface area (TPSA) is 83.6 Å². The number of carbonyl (C=O) groups excluding carboxylic acids is 1. The summed E-state index contributed by atoms with van der Waals surface area (Å²) < 4.78 is 0. The quantitative estimate of drug-likeness (QED) is 0.669. The molecule has 1 unspecified atom stereocenters. The molecule has 1 aliphatic rings. The molecule has 3 N–H and O–H groups in total. The Morgan fingerprint density at radius 2 is 2.13 bits per heavy atom. The van der Waals surface area contributed by atoms with Gasteiger partial charge in [0.15, 0.2) is 0 Å². The van der Waals surface area contributed by atoms with Crippen LogP contribution in [-0.4, -0.2) is 41.5 Å². The number of rotatable bonds is 5. The number of likely N-dealkylation sites (tertiary alicyclic amines) is 1. The van der Waals surface area contributed by atoms with Gasteiger partial charge in [0.2, 0.25) is 5.91 Å². The zero-order valence-electron chi connectivity index (χ0n) is 8.98. The van der Waals surface area contributed by atoms with Crippen molar-refractivity contribution in [3.63, 3.8) is 0 Å². The van der Waals surface area contributed by atoms with Crippen molar-refractivity contribution in [1.82, 2.24) is 4.90 Å². The molecule has 1 aliphatic heterocycles. The van der Waals surface area contributed by atoms with E-state index in [9.17, 15) is 9.59 Å². The Hall–Kier alpha value is -1.10. The van der Waals surface area contributed by atoms with Crippen LogP contribution >= 0.6 is 0 Å². The first-order valence-electron chi connectivity index (χ1n) is 5.28. The van der Waals surface area contributed by atoms with Gasteiger partial charge in [-0.3, -0.25) is 9.59 Å². The molecule has 0 aromatic heterocycles. The second-order valence-corrected chi connectivity index (χ2v) is 4.11. The highest BCUT2D eigenvalue weighted by Crippen LogP contribution is 2.20. The van der Waals surface area contributed by atoms with Gasteiger partial charge >= 0.3 is 5.97 Å². The van der Waals surface area contributed by atoms with Crippen molar-refractivity contribution in [1.29, 1.82) is 0 Å². The lowest BCUT2D eigenvalue weighted by molar-refractivity contribution is -0.154. The van der Waals surface area contributed by atoms with E-state index in [0.717, 1.165) is 12.8 Å². The fraction of sp³-hybridized carbons (Fsp3) is 0.800. The number of aliphatic carboxylic acids is 1. The van der Waals surface area contributed by atoms with E-state index in [2.05, 4.69) is 0 Å². The Balaban J connectivity index is 2.28. The maximum Gasteiger partial charge on any atom is 0.310 e. The number of hydrogen-bond acceptors (Lipinski definition) is 3. The fourth-order valence-corrected chi connectivity index (χ4v) is 1.67. The highest BCUT2D eigenvalue weighted by atomic mass is 16.4. The average molecular weight is 214 g/mol. The summed E-state index contributed by atoms with van der Waals surface area (Å²) >= 11 is 0. The average Bonchev–Trinajstić information content (AvgIpc) is 2.10. The molecule has 5 heteroatoms. The molecular formula is C10H18N2O3. The van der Waals surface area contributed by atoms with Crippen molar-refractivity contribution in [2.45, 2.75) is 19.8 Å². The summed E-state index contributed by atoms with van der Waals surface area (Å²) in [7, 11) is 0. The van der Waals surface area contributed by atoms with Crippen molar-refractivity contribution in [3.8, 4) is 0 Å². The van der Waals surface area contributed by atoms with E-state index in [0.29, 0.717) is 19.6 Å². The molecule has 0 aromatic rings. The number of hydrogen-bond donors (Lipinski definition) is 2. The normalized spacial score (nSPS) is 18.4. The van der Waals surface area contributed by atoms with E-state index in [1.54, 1.807) is 4.90 Å². The predicted molar refractivity (Wildman–Crippen MR) is 55.2 cm³/mol. The minimum Gasteiger partial charge on any atom is -0.481 e. The van der Waals surface area contributed by atoms with Crippen molar-refractivity contribution in [2.24, 2.45) is 17.6 Å². The van der Waals surface area contributed by atoms with Gasteiger partial charge in [0.1, 0.15) is 0 Å². The summed E-state index contributed by atoms with van der Waals surface area (Å²) in [6.45, 7) is 3.18. The first-order valence-corrected chi connectivity index (χ1v) is 5.28. The van der Waals surface area contributed by atoms with Gasteiger partial charge in [-0.2, -0.15) is 0 Å². The summed E-state index contributed by atoms with van der Waals surface area (Å²) in [4.78, 5) is 23.8. The zero-order chi connectivity index (χ0) is 11.4. The largest absolute Gasteiger partial charge is 0.481 e. The molecule has 1 atom stereocenters. The number of carboxylic acids is 1. The summed E-state index contributed by atoms with van der Waals surface area (Å²) in [5.41, 5.74) is 5.36. The highest BCUT2D eigenvalue weighted by Gasteiger charge is 2.36. The van der Waals surface area contributed by atoms with E-state index in [1.165, 1.54) is 0 Å². The van der Waals surface area contributed by atoms with Crippen LogP contribution in [0.1, 0.15) is 19.8 Å². The molecule has 86 valence electrons. The first kappa shape index (κ1) is 12.0. The Morgan fingerprint density at radius 3 is 2.60 bits per heavy atom. The molecule has 0 spiro atoms. The Morgan fingerprint density at radius 1 is 1.53 bits per heavy atom. The molecule has 0 bridgehead atoms. The third-order valence-electron chi connectivity index (χ3n) is 2.81. The van der Waals surface area contributed by atoms with Crippen molar-refractivity contribution < 1.29 is 14.7 Å². The molecule has 0 saturated carbocycles. The number of nitrogens with zero attached hydrogens (tertiary/aromatic N) is 1. The van der Waals surface area contributed by atoms with Crippen LogP contribution in [0.3, 0.4) is 0 Å². The van der Waals surface area contributed by atoms with Crippen molar-refractivity contribution in [2.75, 3.05) is 19.6 Å². The van der Waals surface area contributed by atoms with Gasteiger partial charge in [0.05, 0.1) is 5.92 Å². The van der Waals surface area contributed by atoms with E-state index in [4.69, 9.17) is 10.8 Å². The van der Waals surface area contributed by atoms with E-state index >= 15 is 0 Å². The Kier molecular flexibility index (Phi) is 4.08. The van der Waals surface area contributed by atoms with Crippen LogP contribution in [0.4, 0.5) is 0 Å². The van der Waals surface area contributed by atoms with Crippen LogP contribution in [0, 0.1) is 11.8 Å². The lowest BCUT2D eigenvalue weighted by Crippen LogP contribution is -2.54. The second kappa shape index (κ2) is 5.11. The molecule has 1 fully saturated rings. The predicted octanol–water partition coefficient (Wildman–Crippen LogP) is -0.0956. The summed E-state index contributed by atoms with van der Waals surface area (Å²) in [6.07, 6.45) is 1.62. The summed E-state index contributed by atoms with van der Waals surface area (Å²) in [5, 5.41) is 8.66. The molecule has 0 radical (unpaired) electrons. The standard InChI is InChI=1S/C10H18N2O3/c1-7(3-2-4-11)9(13)12-5-8(6-12)10(14)15/h7-8H,2-6,11H2,1H3,(H,14,15). The highest BCUT2D eigenvalue weighted by molar-refractivity contribution is 5.82. The maximum atomic E-state index is 11.7. The Bertz CT molecular complexity index is 249. The van der Waals surface area contributed by atoms with Gasteiger partial charge in [-0.25, -0.2) is 0 Å². The molecule has 1 saturated heterocycles. The maximum absolute atomic E-state index is 11.7. The molecule has 1 amide bonds. The number of nitrogens with two attached hydrogens (primary N) is 1. The minimum absolute atomic E-state index is 0.0386. The van der Waals surface area contributed by atoms with E-state index < -0.39 is 5.97 Å². The van der Waals surface area contributed by atoms with E-state index in [1.807, 2.05) is 6.92 Å². The molecular weight excluding hydrogens is 196 g/mol. The van der Waals surface area contributed by atoms with Gasteiger partial charge in [-0.05, 0) is 19.4 Å². The third kappa shape index (κ3) is 2.92. The van der Waals surface area contributed by atoms with Crippen LogP contribution < -0.4 is 5.73 Å². The van der Waals surface area contributed by atoms with Crippen LogP contribution in [0.15, 0.2) is 0 Å². The summed E-state index contributed by atoms with van der Waals surface area (Å²) in [5.74, 6) is -1.16. The smallest absolute Gasteiger partial charge is 0.310 e. The summed E-state index contributed by atoms with van der Waals surface area (Å²) in [6, 6.07) is 0. The number of carboxylic acid groups (broad SMARTS) is 1. The van der Waals surface area contributed by atoms with Crippen molar-refractivity contribution >= 4 is 11.9 Å². The van der Waals surface area contributed by atoms with Crippen LogP contribution in [0.25, 0.3) is 0 Å². The van der Waals surface area contributed by atoms with Gasteiger partial charge in [0.25, 0.3) is 0 Å². The van der Waals surface area contributed by atoms with Crippen LogP contribution in [0.2, 0.25) is 0 Å². The Labute approximate surface area is 89.2 Å². The fourth-order valence-electron chi connectivity index (χ4n) is 1.67. The van der Waals surface area contributed by atoms with Gasteiger partial charge in [-0.1, -0.05) is 6.92 Å². The lowest BCUT2D eigenvalue weighted by atomic mass is 9.96. The number of amides is 1. The molecule has 5 nitrogen and oxygen atoms in total. The molecule has 1 heterocycles.